The second kappa shape index (κ2) is 3.68. The van der Waals surface area contributed by atoms with Crippen LogP contribution in [-0.4, -0.2) is 24.2 Å². The third kappa shape index (κ3) is 1.54. The normalized spacial score (nSPS) is 37.7. The Morgan fingerprint density at radius 2 is 1.73 bits per heavy atom. The van der Waals surface area contributed by atoms with E-state index >= 15 is 0 Å². The summed E-state index contributed by atoms with van der Waals surface area (Å²) in [4.78, 5) is 22.7. The van der Waals surface area contributed by atoms with Gasteiger partial charge in [0.25, 0.3) is 0 Å². The van der Waals surface area contributed by atoms with Gasteiger partial charge in [-0.1, -0.05) is 12.2 Å². The molecule has 0 aromatic heterocycles. The molecular weight excluding hydrogens is 196 g/mol. The van der Waals surface area contributed by atoms with Crippen LogP contribution in [0, 0.1) is 23.7 Å². The van der Waals surface area contributed by atoms with E-state index in [2.05, 4.69) is 4.74 Å². The molecule has 82 valence electrons. The van der Waals surface area contributed by atoms with Crippen LogP contribution in [0.3, 0.4) is 0 Å². The molecule has 0 aliphatic heterocycles. The van der Waals surface area contributed by atoms with Gasteiger partial charge in [0, 0.05) is 0 Å². The molecule has 15 heavy (non-hydrogen) atoms. The standard InChI is InChI=1S/C11H14O4/c1-15-11(14)9-7-4-2-6(3-5-7)8(9)10(12)13/h2,4,6-9H,3,5H2,1H3,(H,12,13)/t6?,7?,8-,9-/m1/s1. The Kier molecular flexibility index (Phi) is 2.50. The minimum atomic E-state index is -0.885. The number of carboxylic acid groups (broad SMARTS) is 1. The molecule has 2 unspecified atom stereocenters. The lowest BCUT2D eigenvalue weighted by atomic mass is 9.62. The molecule has 0 heterocycles. The summed E-state index contributed by atoms with van der Waals surface area (Å²) in [6.45, 7) is 0. The van der Waals surface area contributed by atoms with Gasteiger partial charge >= 0.3 is 11.9 Å². The van der Waals surface area contributed by atoms with E-state index < -0.39 is 17.8 Å². The fraction of sp³-hybridized carbons (Fsp3) is 0.636. The van der Waals surface area contributed by atoms with Crippen molar-refractivity contribution in [3.8, 4) is 0 Å². The monoisotopic (exact) mass is 210 g/mol. The number of aliphatic carboxylic acids is 1. The first-order chi connectivity index (χ1) is 7.15. The van der Waals surface area contributed by atoms with Gasteiger partial charge in [-0.15, -0.1) is 0 Å². The molecule has 3 aliphatic carbocycles. The molecule has 1 N–H and O–H groups in total. The second-order valence-corrected chi connectivity index (χ2v) is 4.20. The highest BCUT2D eigenvalue weighted by molar-refractivity contribution is 5.82. The zero-order valence-electron chi connectivity index (χ0n) is 8.55. The van der Waals surface area contributed by atoms with Gasteiger partial charge in [0.15, 0.2) is 0 Å². The van der Waals surface area contributed by atoms with Gasteiger partial charge in [0.1, 0.15) is 0 Å². The molecule has 1 saturated carbocycles. The topological polar surface area (TPSA) is 63.6 Å². The number of carbonyl (C=O) groups excluding carboxylic acids is 1. The molecule has 0 saturated heterocycles. The van der Waals surface area contributed by atoms with Crippen LogP contribution in [0.4, 0.5) is 0 Å². The van der Waals surface area contributed by atoms with E-state index in [1.54, 1.807) is 0 Å². The Morgan fingerprint density at radius 1 is 1.20 bits per heavy atom. The number of ether oxygens (including phenoxy) is 1. The van der Waals surface area contributed by atoms with Gasteiger partial charge in [-0.2, -0.15) is 0 Å². The highest BCUT2D eigenvalue weighted by Crippen LogP contribution is 2.45. The minimum Gasteiger partial charge on any atom is -0.481 e. The van der Waals surface area contributed by atoms with Crippen LogP contribution in [0.5, 0.6) is 0 Å². The Labute approximate surface area is 87.9 Å². The number of hydrogen-bond acceptors (Lipinski definition) is 3. The molecule has 0 radical (unpaired) electrons. The lowest BCUT2D eigenvalue weighted by molar-refractivity contribution is -0.162. The minimum absolute atomic E-state index is 0.00315. The van der Waals surface area contributed by atoms with Gasteiger partial charge in [0.05, 0.1) is 18.9 Å². The average molecular weight is 210 g/mol. The fourth-order valence-corrected chi connectivity index (χ4v) is 2.79. The predicted molar refractivity (Wildman–Crippen MR) is 52.0 cm³/mol. The number of carboxylic acids is 1. The first kappa shape index (κ1) is 10.2. The number of fused-ring (bicyclic) bond motifs is 2. The number of carbonyl (C=O) groups is 2. The Morgan fingerprint density at radius 3 is 2.13 bits per heavy atom. The fourth-order valence-electron chi connectivity index (χ4n) is 2.79. The Hall–Kier alpha value is -1.32. The summed E-state index contributed by atoms with van der Waals surface area (Å²) in [6, 6.07) is 0. The quantitative estimate of drug-likeness (QED) is 0.547. The van der Waals surface area contributed by atoms with Crippen molar-refractivity contribution < 1.29 is 19.4 Å². The molecule has 0 amide bonds. The van der Waals surface area contributed by atoms with Gasteiger partial charge in [0.2, 0.25) is 0 Å². The number of rotatable bonds is 2. The van der Waals surface area contributed by atoms with Crippen molar-refractivity contribution in [2.75, 3.05) is 7.11 Å². The number of hydrogen-bond donors (Lipinski definition) is 1. The van der Waals surface area contributed by atoms with Gasteiger partial charge in [-0.3, -0.25) is 9.59 Å². The van der Waals surface area contributed by atoms with Crippen molar-refractivity contribution in [2.45, 2.75) is 12.8 Å². The van der Waals surface area contributed by atoms with Crippen LogP contribution in [0.15, 0.2) is 12.2 Å². The first-order valence-electron chi connectivity index (χ1n) is 5.14. The summed E-state index contributed by atoms with van der Waals surface area (Å²) in [5, 5.41) is 9.13. The van der Waals surface area contributed by atoms with Crippen molar-refractivity contribution in [1.82, 2.24) is 0 Å². The van der Waals surface area contributed by atoms with Crippen molar-refractivity contribution in [3.63, 3.8) is 0 Å². The van der Waals surface area contributed by atoms with E-state index in [1.807, 2.05) is 12.2 Å². The summed E-state index contributed by atoms with van der Waals surface area (Å²) >= 11 is 0. The molecule has 3 rings (SSSR count). The Balaban J connectivity index is 2.30. The van der Waals surface area contributed by atoms with E-state index in [-0.39, 0.29) is 17.8 Å². The Bertz CT molecular complexity index is 321. The zero-order valence-corrected chi connectivity index (χ0v) is 8.55. The van der Waals surface area contributed by atoms with Crippen molar-refractivity contribution in [1.29, 1.82) is 0 Å². The molecule has 4 heteroatoms. The van der Waals surface area contributed by atoms with E-state index in [4.69, 9.17) is 5.11 Å². The van der Waals surface area contributed by atoms with Crippen molar-refractivity contribution >= 4 is 11.9 Å². The number of methoxy groups -OCH3 is 1. The summed E-state index contributed by atoms with van der Waals surface area (Å²) in [7, 11) is 1.31. The lowest BCUT2D eigenvalue weighted by Crippen LogP contribution is -2.45. The van der Waals surface area contributed by atoms with Gasteiger partial charge < -0.3 is 9.84 Å². The smallest absolute Gasteiger partial charge is 0.310 e. The number of allylic oxidation sites excluding steroid dienone is 2. The number of esters is 1. The van der Waals surface area contributed by atoms with E-state index in [0.29, 0.717) is 0 Å². The summed E-state index contributed by atoms with van der Waals surface area (Å²) in [5.41, 5.74) is 0. The summed E-state index contributed by atoms with van der Waals surface area (Å²) in [6.07, 6.45) is 5.66. The molecule has 1 fully saturated rings. The van der Waals surface area contributed by atoms with E-state index in [0.717, 1.165) is 12.8 Å². The van der Waals surface area contributed by atoms with Crippen LogP contribution >= 0.6 is 0 Å². The maximum atomic E-state index is 11.6. The first-order valence-corrected chi connectivity index (χ1v) is 5.14. The van der Waals surface area contributed by atoms with E-state index in [1.165, 1.54) is 7.11 Å². The maximum Gasteiger partial charge on any atom is 0.310 e. The molecule has 4 atom stereocenters. The molecule has 0 spiro atoms. The average Bonchev–Trinajstić information content (AvgIpc) is 2.28. The third-order valence-electron chi connectivity index (χ3n) is 3.51. The highest BCUT2D eigenvalue weighted by atomic mass is 16.5. The van der Waals surface area contributed by atoms with Crippen LogP contribution in [0.2, 0.25) is 0 Å². The van der Waals surface area contributed by atoms with Crippen molar-refractivity contribution in [2.24, 2.45) is 23.7 Å². The van der Waals surface area contributed by atoms with Crippen LogP contribution in [-0.2, 0) is 14.3 Å². The third-order valence-corrected chi connectivity index (χ3v) is 3.51. The second-order valence-electron chi connectivity index (χ2n) is 4.20. The van der Waals surface area contributed by atoms with Crippen molar-refractivity contribution in [3.05, 3.63) is 12.2 Å². The van der Waals surface area contributed by atoms with Gasteiger partial charge in [-0.05, 0) is 24.7 Å². The molecule has 4 nitrogen and oxygen atoms in total. The predicted octanol–water partition coefficient (Wildman–Crippen LogP) is 1.07. The van der Waals surface area contributed by atoms with Crippen LogP contribution in [0.25, 0.3) is 0 Å². The molecule has 2 bridgehead atoms. The molecule has 0 aromatic carbocycles. The van der Waals surface area contributed by atoms with Crippen LogP contribution < -0.4 is 0 Å². The van der Waals surface area contributed by atoms with E-state index in [9.17, 15) is 9.59 Å². The summed E-state index contributed by atoms with van der Waals surface area (Å²) < 4.78 is 4.69. The molecule has 3 aliphatic rings. The van der Waals surface area contributed by atoms with Gasteiger partial charge in [-0.25, -0.2) is 0 Å². The SMILES string of the molecule is COC(=O)[C@@H]1C2C=CC(CC2)[C@H]1C(=O)O. The summed E-state index contributed by atoms with van der Waals surface area (Å²) in [5.74, 6) is -2.32. The largest absolute Gasteiger partial charge is 0.481 e. The molecular formula is C11H14O4. The maximum absolute atomic E-state index is 11.6. The highest BCUT2D eigenvalue weighted by Gasteiger charge is 2.48. The van der Waals surface area contributed by atoms with Crippen LogP contribution in [0.1, 0.15) is 12.8 Å². The lowest BCUT2D eigenvalue weighted by Gasteiger charge is -2.41. The molecule has 0 aromatic rings. The zero-order chi connectivity index (χ0) is 11.0.